The Morgan fingerprint density at radius 3 is 2.26 bits per heavy atom. The quantitative estimate of drug-likeness (QED) is 0.548. The molecule has 3 aliphatic rings. The highest BCUT2D eigenvalue weighted by Crippen LogP contribution is 2.38. The van der Waals surface area contributed by atoms with Gasteiger partial charge in [-0.15, -0.1) is 0 Å². The Morgan fingerprint density at radius 1 is 1.11 bits per heavy atom. The molecule has 0 aromatic heterocycles. The summed E-state index contributed by atoms with van der Waals surface area (Å²) in [6, 6.07) is 2.14. The average Bonchev–Trinajstić information content (AvgIpc) is 3.23. The van der Waals surface area contributed by atoms with Gasteiger partial charge in [-0.1, -0.05) is 12.8 Å². The number of ether oxygens (including phenoxy) is 1. The highest BCUT2D eigenvalue weighted by atomic mass is 16.5. The van der Waals surface area contributed by atoms with Crippen molar-refractivity contribution < 1.29 is 23.9 Å². The summed E-state index contributed by atoms with van der Waals surface area (Å²) in [6.45, 7) is -0.470. The third-order valence-electron chi connectivity index (χ3n) is 5.89. The Balaban J connectivity index is 1.42. The molecule has 3 amide bonds. The first-order chi connectivity index (χ1) is 13.0. The van der Waals surface area contributed by atoms with Crippen molar-refractivity contribution in [2.45, 2.75) is 63.3 Å². The number of likely N-dealkylation sites (tertiary alicyclic amines) is 1. The monoisotopic (exact) mass is 375 g/mol. The number of rotatable bonds is 6. The third kappa shape index (κ3) is 4.12. The van der Waals surface area contributed by atoms with Crippen LogP contribution < -0.4 is 5.32 Å². The molecule has 3 fully saturated rings. The summed E-state index contributed by atoms with van der Waals surface area (Å²) in [5.41, 5.74) is -0.853. The Bertz CT molecular complexity index is 653. The molecule has 8 heteroatoms. The maximum Gasteiger partial charge on any atom is 0.308 e. The van der Waals surface area contributed by atoms with Crippen molar-refractivity contribution >= 4 is 23.7 Å². The van der Waals surface area contributed by atoms with Gasteiger partial charge in [-0.3, -0.25) is 24.1 Å². The summed E-state index contributed by atoms with van der Waals surface area (Å²) < 4.78 is 4.94. The minimum Gasteiger partial charge on any atom is -0.456 e. The number of nitriles is 1. The van der Waals surface area contributed by atoms with Gasteiger partial charge in [-0.25, -0.2) is 0 Å². The molecule has 0 aromatic carbocycles. The number of nitrogens with one attached hydrogen (secondary N) is 1. The molecular weight excluding hydrogens is 350 g/mol. The first-order valence-corrected chi connectivity index (χ1v) is 9.69. The van der Waals surface area contributed by atoms with Gasteiger partial charge in [0, 0.05) is 6.54 Å². The zero-order valence-electron chi connectivity index (χ0n) is 15.4. The van der Waals surface area contributed by atoms with Crippen LogP contribution in [0.15, 0.2) is 0 Å². The van der Waals surface area contributed by atoms with Gasteiger partial charge in [-0.05, 0) is 38.5 Å². The molecule has 3 rings (SSSR count). The highest BCUT2D eigenvalue weighted by molar-refractivity contribution is 6.05. The number of amides is 3. The van der Waals surface area contributed by atoms with Crippen LogP contribution in [0, 0.1) is 23.2 Å². The summed E-state index contributed by atoms with van der Waals surface area (Å²) in [4.78, 5) is 49.7. The Morgan fingerprint density at radius 2 is 1.70 bits per heavy atom. The number of carbonyl (C=O) groups is 4. The van der Waals surface area contributed by atoms with Gasteiger partial charge in [0.2, 0.25) is 11.8 Å². The predicted octanol–water partition coefficient (Wildman–Crippen LogP) is 1.05. The lowest BCUT2D eigenvalue weighted by molar-refractivity contribution is -0.150. The van der Waals surface area contributed by atoms with Crippen LogP contribution in [0.5, 0.6) is 0 Å². The number of carbonyl (C=O) groups excluding carboxylic acids is 4. The maximum atomic E-state index is 12.3. The fraction of sp³-hybridized carbons (Fsp3) is 0.737. The fourth-order valence-corrected chi connectivity index (χ4v) is 4.42. The Labute approximate surface area is 158 Å². The van der Waals surface area contributed by atoms with E-state index in [1.54, 1.807) is 0 Å². The molecule has 2 aliphatic carbocycles. The van der Waals surface area contributed by atoms with Crippen LogP contribution in [0.3, 0.4) is 0 Å². The van der Waals surface area contributed by atoms with Gasteiger partial charge >= 0.3 is 5.97 Å². The van der Waals surface area contributed by atoms with Crippen molar-refractivity contribution in [2.24, 2.45) is 11.8 Å². The maximum absolute atomic E-state index is 12.3. The number of imide groups is 1. The summed E-state index contributed by atoms with van der Waals surface area (Å²) in [7, 11) is 0. The van der Waals surface area contributed by atoms with Crippen molar-refractivity contribution in [3.8, 4) is 6.07 Å². The smallest absolute Gasteiger partial charge is 0.308 e. The van der Waals surface area contributed by atoms with Gasteiger partial charge in [0.1, 0.15) is 5.54 Å². The van der Waals surface area contributed by atoms with Crippen molar-refractivity contribution in [3.63, 3.8) is 0 Å². The summed E-state index contributed by atoms with van der Waals surface area (Å²) in [5.74, 6) is -1.99. The second-order valence-electron chi connectivity index (χ2n) is 7.69. The Kier molecular flexibility index (Phi) is 5.78. The molecular formula is C19H25N3O5. The first kappa shape index (κ1) is 19.3. The average molecular weight is 375 g/mol. The fourth-order valence-electron chi connectivity index (χ4n) is 4.42. The van der Waals surface area contributed by atoms with Crippen LogP contribution in [0.2, 0.25) is 0 Å². The van der Waals surface area contributed by atoms with Gasteiger partial charge in [0.05, 0.1) is 24.3 Å². The highest BCUT2D eigenvalue weighted by Gasteiger charge is 2.47. The SMILES string of the molecule is N#CC1(NC(=O)COC(=O)CCN2C(=O)[C@@H]3CCCC[C@H]3C2=O)CCCC1. The first-order valence-electron chi connectivity index (χ1n) is 9.69. The van der Waals surface area contributed by atoms with Gasteiger partial charge < -0.3 is 10.1 Å². The lowest BCUT2D eigenvalue weighted by Gasteiger charge is -2.21. The molecule has 0 unspecified atom stereocenters. The van der Waals surface area contributed by atoms with Gasteiger partial charge in [0.15, 0.2) is 6.61 Å². The zero-order chi connectivity index (χ0) is 19.4. The van der Waals surface area contributed by atoms with Crippen LogP contribution >= 0.6 is 0 Å². The van der Waals surface area contributed by atoms with E-state index in [1.165, 1.54) is 4.90 Å². The second kappa shape index (κ2) is 8.07. The second-order valence-corrected chi connectivity index (χ2v) is 7.69. The number of fused-ring (bicyclic) bond motifs is 1. The normalized spacial score (nSPS) is 26.4. The third-order valence-corrected chi connectivity index (χ3v) is 5.89. The summed E-state index contributed by atoms with van der Waals surface area (Å²) in [5, 5.41) is 11.9. The van der Waals surface area contributed by atoms with Crippen molar-refractivity contribution in [1.29, 1.82) is 5.26 Å². The van der Waals surface area contributed by atoms with Crippen LogP contribution in [0.25, 0.3) is 0 Å². The number of hydrogen-bond acceptors (Lipinski definition) is 6. The molecule has 1 saturated heterocycles. The number of nitrogens with zero attached hydrogens (tertiary/aromatic N) is 2. The summed E-state index contributed by atoms with van der Waals surface area (Å²) >= 11 is 0. The molecule has 0 radical (unpaired) electrons. The lowest BCUT2D eigenvalue weighted by Crippen LogP contribution is -2.46. The van der Waals surface area contributed by atoms with Crippen molar-refractivity contribution in [1.82, 2.24) is 10.2 Å². The number of esters is 1. The zero-order valence-corrected chi connectivity index (χ0v) is 15.4. The Hall–Kier alpha value is -2.43. The molecule has 0 bridgehead atoms. The molecule has 27 heavy (non-hydrogen) atoms. The summed E-state index contributed by atoms with van der Waals surface area (Å²) in [6.07, 6.45) is 6.21. The molecule has 8 nitrogen and oxygen atoms in total. The molecule has 1 heterocycles. The minimum atomic E-state index is -0.853. The molecule has 146 valence electrons. The van der Waals surface area contributed by atoms with Crippen LogP contribution in [0.4, 0.5) is 0 Å². The van der Waals surface area contributed by atoms with Crippen LogP contribution in [-0.2, 0) is 23.9 Å². The molecule has 1 aliphatic heterocycles. The van der Waals surface area contributed by atoms with Gasteiger partial charge in [-0.2, -0.15) is 5.26 Å². The molecule has 0 spiro atoms. The molecule has 2 atom stereocenters. The lowest BCUT2D eigenvalue weighted by atomic mass is 9.81. The largest absolute Gasteiger partial charge is 0.456 e. The molecule has 0 aromatic rings. The molecule has 1 N–H and O–H groups in total. The van der Waals surface area contributed by atoms with Crippen molar-refractivity contribution in [2.75, 3.05) is 13.2 Å². The van der Waals surface area contributed by atoms with E-state index in [9.17, 15) is 24.4 Å². The number of hydrogen-bond donors (Lipinski definition) is 1. The van der Waals surface area contributed by atoms with E-state index < -0.39 is 24.0 Å². The topological polar surface area (TPSA) is 117 Å². The van der Waals surface area contributed by atoms with Crippen LogP contribution in [-0.4, -0.2) is 47.3 Å². The van der Waals surface area contributed by atoms with Crippen LogP contribution in [0.1, 0.15) is 57.8 Å². The van der Waals surface area contributed by atoms with E-state index in [2.05, 4.69) is 11.4 Å². The van der Waals surface area contributed by atoms with Crippen molar-refractivity contribution in [3.05, 3.63) is 0 Å². The van der Waals surface area contributed by atoms with E-state index in [0.29, 0.717) is 12.8 Å². The standard InChI is InChI=1S/C19H25N3O5/c20-12-19(8-3-4-9-19)21-15(23)11-27-16(24)7-10-22-17(25)13-5-1-2-6-14(13)18(22)26/h13-14H,1-11H2,(H,21,23)/t13-,14-/m1/s1. The van der Waals surface area contributed by atoms with E-state index in [-0.39, 0.29) is 36.6 Å². The van der Waals surface area contributed by atoms with E-state index in [0.717, 1.165) is 38.5 Å². The minimum absolute atomic E-state index is 0.00669. The van der Waals surface area contributed by atoms with Gasteiger partial charge in [0.25, 0.3) is 5.91 Å². The van der Waals surface area contributed by atoms with E-state index >= 15 is 0 Å². The van der Waals surface area contributed by atoms with E-state index in [4.69, 9.17) is 4.74 Å². The molecule has 2 saturated carbocycles. The predicted molar refractivity (Wildman–Crippen MR) is 92.7 cm³/mol. The van der Waals surface area contributed by atoms with E-state index in [1.807, 2.05) is 0 Å².